The SMILES string of the molecule is Cc1nn(-c2cccc(F)c2)c2ncc3c(c12)C(=O)N(c1cccc([N+](=O)[O-])c1)C3=O. The second kappa shape index (κ2) is 6.52. The fourth-order valence-electron chi connectivity index (χ4n) is 3.73. The van der Waals surface area contributed by atoms with E-state index < -0.39 is 22.6 Å². The molecule has 5 rings (SSSR count). The molecule has 3 heterocycles. The van der Waals surface area contributed by atoms with Crippen molar-refractivity contribution in [3.8, 4) is 5.69 Å². The Kier molecular flexibility index (Phi) is 3.90. The lowest BCUT2D eigenvalue weighted by atomic mass is 10.1. The van der Waals surface area contributed by atoms with Crippen molar-refractivity contribution in [3.05, 3.63) is 87.5 Å². The van der Waals surface area contributed by atoms with Crippen molar-refractivity contribution in [2.75, 3.05) is 4.90 Å². The van der Waals surface area contributed by atoms with Gasteiger partial charge in [0.1, 0.15) is 5.82 Å². The number of non-ortho nitro benzene ring substituents is 1. The van der Waals surface area contributed by atoms with Crippen LogP contribution >= 0.6 is 0 Å². The van der Waals surface area contributed by atoms with Crippen molar-refractivity contribution < 1.29 is 18.9 Å². The number of hydrogen-bond acceptors (Lipinski definition) is 6. The molecule has 2 amide bonds. The first kappa shape index (κ1) is 18.6. The number of imide groups is 1. The summed E-state index contributed by atoms with van der Waals surface area (Å²) in [5.41, 5.74) is 1.18. The minimum atomic E-state index is -0.632. The molecule has 10 heteroatoms. The number of anilines is 1. The summed E-state index contributed by atoms with van der Waals surface area (Å²) >= 11 is 0. The van der Waals surface area contributed by atoms with E-state index in [9.17, 15) is 24.1 Å². The fourth-order valence-corrected chi connectivity index (χ4v) is 3.73. The lowest BCUT2D eigenvalue weighted by Gasteiger charge is -2.13. The van der Waals surface area contributed by atoms with Gasteiger partial charge < -0.3 is 0 Å². The number of carbonyl (C=O) groups is 2. The van der Waals surface area contributed by atoms with Gasteiger partial charge in [0.15, 0.2) is 5.65 Å². The highest BCUT2D eigenvalue weighted by atomic mass is 19.1. The summed E-state index contributed by atoms with van der Waals surface area (Å²) in [5, 5.41) is 15.9. The zero-order chi connectivity index (χ0) is 21.9. The highest BCUT2D eigenvalue weighted by Crippen LogP contribution is 2.35. The van der Waals surface area contributed by atoms with Gasteiger partial charge in [-0.1, -0.05) is 12.1 Å². The number of aryl methyl sites for hydroxylation is 1. The van der Waals surface area contributed by atoms with Crippen molar-refractivity contribution >= 4 is 34.2 Å². The van der Waals surface area contributed by atoms with Crippen molar-refractivity contribution in [2.45, 2.75) is 6.92 Å². The van der Waals surface area contributed by atoms with Gasteiger partial charge in [0, 0.05) is 18.3 Å². The monoisotopic (exact) mass is 417 g/mol. The van der Waals surface area contributed by atoms with Crippen LogP contribution in [0.5, 0.6) is 0 Å². The average Bonchev–Trinajstić information content (AvgIpc) is 3.22. The molecule has 2 aromatic heterocycles. The third kappa shape index (κ3) is 2.69. The van der Waals surface area contributed by atoms with E-state index in [0.29, 0.717) is 22.4 Å². The van der Waals surface area contributed by atoms with Crippen LogP contribution in [0.2, 0.25) is 0 Å². The average molecular weight is 417 g/mol. The van der Waals surface area contributed by atoms with E-state index in [1.54, 1.807) is 13.0 Å². The van der Waals surface area contributed by atoms with E-state index in [1.807, 2.05) is 0 Å². The van der Waals surface area contributed by atoms with E-state index in [0.717, 1.165) is 11.0 Å². The number of nitrogens with zero attached hydrogens (tertiary/aromatic N) is 5. The number of hydrogen-bond donors (Lipinski definition) is 0. The normalized spacial score (nSPS) is 13.2. The van der Waals surface area contributed by atoms with Crippen LogP contribution in [0.4, 0.5) is 15.8 Å². The quantitative estimate of drug-likeness (QED) is 0.286. The molecule has 2 aromatic carbocycles. The minimum Gasteiger partial charge on any atom is -0.268 e. The van der Waals surface area contributed by atoms with Gasteiger partial charge in [0.25, 0.3) is 17.5 Å². The first-order chi connectivity index (χ1) is 14.9. The Balaban J connectivity index is 1.69. The fraction of sp³-hybridized carbons (Fsp3) is 0.0476. The molecule has 1 aliphatic heterocycles. The van der Waals surface area contributed by atoms with Crippen LogP contribution in [0.15, 0.2) is 54.7 Å². The maximum Gasteiger partial charge on any atom is 0.271 e. The van der Waals surface area contributed by atoms with Gasteiger partial charge in [-0.05, 0) is 31.2 Å². The summed E-state index contributed by atoms with van der Waals surface area (Å²) in [4.78, 5) is 41.9. The number of rotatable bonds is 3. The Morgan fingerprint density at radius 3 is 2.52 bits per heavy atom. The van der Waals surface area contributed by atoms with Crippen molar-refractivity contribution in [1.29, 1.82) is 0 Å². The molecule has 31 heavy (non-hydrogen) atoms. The lowest BCUT2D eigenvalue weighted by Crippen LogP contribution is -2.29. The Morgan fingerprint density at radius 1 is 1.03 bits per heavy atom. The number of carbonyl (C=O) groups excluding carboxylic acids is 2. The van der Waals surface area contributed by atoms with Crippen LogP contribution in [0.3, 0.4) is 0 Å². The number of nitro groups is 1. The number of halogens is 1. The second-order valence-electron chi connectivity index (χ2n) is 6.95. The molecule has 0 bridgehead atoms. The van der Waals surface area contributed by atoms with E-state index >= 15 is 0 Å². The molecule has 1 aliphatic rings. The highest BCUT2D eigenvalue weighted by molar-refractivity contribution is 6.37. The third-order valence-corrected chi connectivity index (χ3v) is 5.07. The molecule has 0 aliphatic carbocycles. The van der Waals surface area contributed by atoms with E-state index in [1.165, 1.54) is 47.3 Å². The predicted molar refractivity (Wildman–Crippen MR) is 108 cm³/mol. The molecule has 0 radical (unpaired) electrons. The van der Waals surface area contributed by atoms with Crippen LogP contribution in [-0.2, 0) is 0 Å². The van der Waals surface area contributed by atoms with Crippen LogP contribution in [0.1, 0.15) is 26.4 Å². The first-order valence-electron chi connectivity index (χ1n) is 9.14. The van der Waals surface area contributed by atoms with E-state index in [4.69, 9.17) is 0 Å². The molecule has 0 saturated carbocycles. The molecule has 0 atom stereocenters. The molecule has 152 valence electrons. The molecular formula is C21H12FN5O4. The topological polar surface area (TPSA) is 111 Å². The summed E-state index contributed by atoms with van der Waals surface area (Å²) in [6, 6.07) is 11.0. The molecule has 0 spiro atoms. The molecular weight excluding hydrogens is 405 g/mol. The Bertz CT molecular complexity index is 1450. The molecule has 0 saturated heterocycles. The lowest BCUT2D eigenvalue weighted by molar-refractivity contribution is -0.384. The third-order valence-electron chi connectivity index (χ3n) is 5.07. The van der Waals surface area contributed by atoms with Gasteiger partial charge in [0.2, 0.25) is 0 Å². The molecule has 0 N–H and O–H groups in total. The smallest absolute Gasteiger partial charge is 0.268 e. The van der Waals surface area contributed by atoms with Gasteiger partial charge in [-0.25, -0.2) is 19.0 Å². The summed E-state index contributed by atoms with van der Waals surface area (Å²) in [5.74, 6) is -1.72. The van der Waals surface area contributed by atoms with Crippen LogP contribution in [-0.4, -0.2) is 31.5 Å². The molecule has 9 nitrogen and oxygen atoms in total. The van der Waals surface area contributed by atoms with Gasteiger partial charge in [-0.3, -0.25) is 19.7 Å². The number of nitro benzene ring substituents is 1. The van der Waals surface area contributed by atoms with Crippen molar-refractivity contribution in [2.24, 2.45) is 0 Å². The maximum absolute atomic E-state index is 13.7. The number of pyridine rings is 1. The Hall–Kier alpha value is -4.47. The Morgan fingerprint density at radius 2 is 1.77 bits per heavy atom. The predicted octanol–water partition coefficient (Wildman–Crippen LogP) is 3.58. The van der Waals surface area contributed by atoms with Crippen LogP contribution in [0.25, 0.3) is 16.7 Å². The van der Waals surface area contributed by atoms with Crippen molar-refractivity contribution in [1.82, 2.24) is 14.8 Å². The number of fused-ring (bicyclic) bond motifs is 3. The van der Waals surface area contributed by atoms with Crippen molar-refractivity contribution in [3.63, 3.8) is 0 Å². The van der Waals surface area contributed by atoms with Gasteiger partial charge in [-0.2, -0.15) is 5.10 Å². The first-order valence-corrected chi connectivity index (χ1v) is 9.14. The second-order valence-corrected chi connectivity index (χ2v) is 6.95. The maximum atomic E-state index is 13.7. The van der Waals surface area contributed by atoms with Gasteiger partial charge in [0.05, 0.1) is 38.5 Å². The van der Waals surface area contributed by atoms with E-state index in [2.05, 4.69) is 10.1 Å². The standard InChI is InChI=1S/C21H12FN5O4/c1-11-17-18-16(10-23-19(17)26(24-11)14-6-2-4-12(22)8-14)20(28)25(21(18)29)13-5-3-7-15(9-13)27(30)31/h2-10H,1H3. The van der Waals surface area contributed by atoms with Gasteiger partial charge >= 0.3 is 0 Å². The summed E-state index contributed by atoms with van der Waals surface area (Å²) in [6.45, 7) is 1.66. The summed E-state index contributed by atoms with van der Waals surface area (Å²) < 4.78 is 15.1. The minimum absolute atomic E-state index is 0.0749. The zero-order valence-electron chi connectivity index (χ0n) is 15.9. The summed E-state index contributed by atoms with van der Waals surface area (Å²) in [7, 11) is 0. The Labute approximate surface area is 173 Å². The van der Waals surface area contributed by atoms with Gasteiger partial charge in [-0.15, -0.1) is 0 Å². The van der Waals surface area contributed by atoms with Crippen LogP contribution in [0, 0.1) is 22.9 Å². The largest absolute Gasteiger partial charge is 0.271 e. The molecule has 0 fully saturated rings. The van der Waals surface area contributed by atoms with E-state index in [-0.39, 0.29) is 22.5 Å². The number of amides is 2. The highest BCUT2D eigenvalue weighted by Gasteiger charge is 2.40. The molecule has 0 unspecified atom stereocenters. The zero-order valence-corrected chi connectivity index (χ0v) is 15.9. The van der Waals surface area contributed by atoms with Crippen LogP contribution < -0.4 is 4.90 Å². The number of benzene rings is 2. The summed E-state index contributed by atoms with van der Waals surface area (Å²) in [6.07, 6.45) is 1.27. The molecule has 4 aromatic rings. The number of aromatic nitrogens is 3.